The lowest BCUT2D eigenvalue weighted by atomic mass is 9.89. The number of aryl methyl sites for hydroxylation is 1. The molecule has 0 unspecified atom stereocenters. The molecule has 0 saturated heterocycles. The number of ether oxygens (including phenoxy) is 1. The molecular formula is C15H19N3O2S. The topological polar surface area (TPSA) is 77.2 Å². The Labute approximate surface area is 127 Å². The summed E-state index contributed by atoms with van der Waals surface area (Å²) in [6, 6.07) is 2.10. The number of hydrogen-bond donors (Lipinski definition) is 2. The van der Waals surface area contributed by atoms with Crippen LogP contribution in [-0.2, 0) is 4.74 Å². The first-order chi connectivity index (χ1) is 10.1. The van der Waals surface area contributed by atoms with Crippen LogP contribution >= 0.6 is 11.3 Å². The molecule has 0 radical (unpaired) electrons. The van der Waals surface area contributed by atoms with Crippen LogP contribution in [0.3, 0.4) is 0 Å². The van der Waals surface area contributed by atoms with Gasteiger partial charge in [-0.05, 0) is 38.3 Å². The molecule has 0 aliphatic heterocycles. The first-order valence-corrected chi connectivity index (χ1v) is 7.97. The van der Waals surface area contributed by atoms with E-state index in [2.05, 4.69) is 10.3 Å². The Hall–Kier alpha value is -1.66. The summed E-state index contributed by atoms with van der Waals surface area (Å²) in [6.07, 6.45) is 3.78. The second kappa shape index (κ2) is 5.61. The van der Waals surface area contributed by atoms with Gasteiger partial charge in [0, 0.05) is 24.2 Å². The highest BCUT2D eigenvalue weighted by atomic mass is 32.1. The number of pyridine rings is 1. The van der Waals surface area contributed by atoms with Crippen molar-refractivity contribution in [2.45, 2.75) is 38.8 Å². The molecule has 6 heteroatoms. The van der Waals surface area contributed by atoms with Crippen molar-refractivity contribution in [3.8, 4) is 0 Å². The normalized spacial score (nSPS) is 21.2. The fraction of sp³-hybridized carbons (Fsp3) is 0.467. The number of rotatable bonds is 4. The molecule has 1 fully saturated rings. The average molecular weight is 305 g/mol. The van der Waals surface area contributed by atoms with Crippen LogP contribution in [0.4, 0.5) is 5.69 Å². The molecular weight excluding hydrogens is 286 g/mol. The highest BCUT2D eigenvalue weighted by Crippen LogP contribution is 2.34. The molecule has 1 aliphatic carbocycles. The van der Waals surface area contributed by atoms with Crippen LogP contribution in [0.15, 0.2) is 12.3 Å². The van der Waals surface area contributed by atoms with Gasteiger partial charge in [-0.2, -0.15) is 0 Å². The maximum Gasteiger partial charge on any atom is 0.263 e. The fourth-order valence-corrected chi connectivity index (χ4v) is 3.72. The van der Waals surface area contributed by atoms with E-state index in [1.165, 1.54) is 11.3 Å². The van der Waals surface area contributed by atoms with Crippen LogP contribution in [0.1, 0.15) is 35.0 Å². The van der Waals surface area contributed by atoms with Crippen molar-refractivity contribution in [1.29, 1.82) is 0 Å². The van der Waals surface area contributed by atoms with Crippen LogP contribution in [0.2, 0.25) is 0 Å². The summed E-state index contributed by atoms with van der Waals surface area (Å²) in [5, 5.41) is 3.92. The molecule has 0 bridgehead atoms. The zero-order chi connectivity index (χ0) is 15.0. The number of nitrogens with one attached hydrogen (secondary N) is 1. The monoisotopic (exact) mass is 305 g/mol. The highest BCUT2D eigenvalue weighted by Gasteiger charge is 2.31. The number of nitrogens with zero attached hydrogens (tertiary/aromatic N) is 1. The van der Waals surface area contributed by atoms with Gasteiger partial charge in [0.05, 0.1) is 11.8 Å². The van der Waals surface area contributed by atoms with Crippen molar-refractivity contribution in [3.63, 3.8) is 0 Å². The molecule has 0 aromatic carbocycles. The van der Waals surface area contributed by atoms with Gasteiger partial charge in [0.1, 0.15) is 9.71 Å². The third-order valence-electron chi connectivity index (χ3n) is 3.88. The van der Waals surface area contributed by atoms with Crippen molar-refractivity contribution >= 4 is 33.1 Å². The third kappa shape index (κ3) is 2.61. The average Bonchev–Trinajstić information content (AvgIpc) is 2.75. The van der Waals surface area contributed by atoms with Crippen molar-refractivity contribution in [2.24, 2.45) is 0 Å². The first kappa shape index (κ1) is 14.3. The number of anilines is 1. The van der Waals surface area contributed by atoms with Crippen LogP contribution < -0.4 is 11.1 Å². The number of thiophene rings is 1. The number of hydrogen-bond acceptors (Lipinski definition) is 5. The van der Waals surface area contributed by atoms with Gasteiger partial charge in [0.25, 0.3) is 5.91 Å². The molecule has 0 atom stereocenters. The Bertz CT molecular complexity index is 677. The summed E-state index contributed by atoms with van der Waals surface area (Å²) in [5.41, 5.74) is 7.73. The smallest absolute Gasteiger partial charge is 0.263 e. The van der Waals surface area contributed by atoms with Crippen LogP contribution in [-0.4, -0.2) is 29.6 Å². The first-order valence-electron chi connectivity index (χ1n) is 7.16. The minimum absolute atomic E-state index is 0.102. The van der Waals surface area contributed by atoms with E-state index < -0.39 is 0 Å². The van der Waals surface area contributed by atoms with Gasteiger partial charge >= 0.3 is 0 Å². The van der Waals surface area contributed by atoms with E-state index in [1.807, 2.05) is 19.9 Å². The number of aromatic nitrogens is 1. The van der Waals surface area contributed by atoms with Crippen LogP contribution in [0.5, 0.6) is 0 Å². The van der Waals surface area contributed by atoms with Gasteiger partial charge in [-0.3, -0.25) is 4.79 Å². The second-order valence-corrected chi connectivity index (χ2v) is 6.37. The lowest BCUT2D eigenvalue weighted by Gasteiger charge is -2.35. The fourth-order valence-electron chi connectivity index (χ4n) is 2.68. The molecule has 3 N–H and O–H groups in total. The van der Waals surface area contributed by atoms with Crippen LogP contribution in [0.25, 0.3) is 10.2 Å². The zero-order valence-electron chi connectivity index (χ0n) is 12.2. The van der Waals surface area contributed by atoms with Crippen molar-refractivity contribution < 1.29 is 9.53 Å². The lowest BCUT2D eigenvalue weighted by molar-refractivity contribution is -0.00858. The number of nitrogens with two attached hydrogens (primary N) is 1. The van der Waals surface area contributed by atoms with E-state index in [9.17, 15) is 4.79 Å². The van der Waals surface area contributed by atoms with E-state index in [0.29, 0.717) is 10.6 Å². The summed E-state index contributed by atoms with van der Waals surface area (Å²) in [6.45, 7) is 4.69. The summed E-state index contributed by atoms with van der Waals surface area (Å²) in [4.78, 5) is 18.0. The summed E-state index contributed by atoms with van der Waals surface area (Å²) in [7, 11) is 0. The molecule has 2 heterocycles. The molecule has 1 amide bonds. The predicted octanol–water partition coefficient (Wildman–Crippen LogP) is 2.48. The van der Waals surface area contributed by atoms with E-state index in [1.54, 1.807) is 6.20 Å². The third-order valence-corrected chi connectivity index (χ3v) is 4.99. The quantitative estimate of drug-likeness (QED) is 0.909. The van der Waals surface area contributed by atoms with Gasteiger partial charge in [-0.1, -0.05) is 0 Å². The number of carbonyl (C=O) groups is 1. The Balaban J connectivity index is 1.74. The Morgan fingerprint density at radius 3 is 3.00 bits per heavy atom. The minimum Gasteiger partial charge on any atom is -0.397 e. The Kier molecular flexibility index (Phi) is 3.82. The summed E-state index contributed by atoms with van der Waals surface area (Å²) < 4.78 is 5.50. The molecule has 21 heavy (non-hydrogen) atoms. The molecule has 3 rings (SSSR count). The second-order valence-electron chi connectivity index (χ2n) is 5.37. The summed E-state index contributed by atoms with van der Waals surface area (Å²) >= 11 is 1.35. The van der Waals surface area contributed by atoms with Gasteiger partial charge in [0.15, 0.2) is 0 Å². The summed E-state index contributed by atoms with van der Waals surface area (Å²) in [5.74, 6) is -0.102. The standard InChI is InChI=1S/C15H19N3O2S/c1-3-20-10-6-9(7-10)18-14(19)13-12(16)11-8(2)4-5-17-15(11)21-13/h4-5,9-10H,3,6-7,16H2,1-2H3,(H,18,19). The number of fused-ring (bicyclic) bond motifs is 1. The number of nitrogen functional groups attached to an aromatic ring is 1. The molecule has 1 saturated carbocycles. The molecule has 2 aromatic rings. The Morgan fingerprint density at radius 2 is 2.33 bits per heavy atom. The molecule has 1 aliphatic rings. The zero-order valence-corrected chi connectivity index (χ0v) is 13.0. The molecule has 2 aromatic heterocycles. The number of carbonyl (C=O) groups excluding carboxylic acids is 1. The molecule has 0 spiro atoms. The molecule has 5 nitrogen and oxygen atoms in total. The maximum absolute atomic E-state index is 12.4. The van der Waals surface area contributed by atoms with Gasteiger partial charge in [-0.15, -0.1) is 11.3 Å². The SMILES string of the molecule is CCOC1CC(NC(=O)c2sc3nccc(C)c3c2N)C1. The van der Waals surface area contributed by atoms with Crippen molar-refractivity contribution in [2.75, 3.05) is 12.3 Å². The predicted molar refractivity (Wildman–Crippen MR) is 84.7 cm³/mol. The van der Waals surface area contributed by atoms with E-state index in [4.69, 9.17) is 10.5 Å². The van der Waals surface area contributed by atoms with E-state index in [0.717, 1.165) is 35.2 Å². The van der Waals surface area contributed by atoms with Gasteiger partial charge in [0.2, 0.25) is 0 Å². The molecule has 112 valence electrons. The number of amides is 1. The maximum atomic E-state index is 12.4. The van der Waals surface area contributed by atoms with Gasteiger partial charge in [-0.25, -0.2) is 4.98 Å². The van der Waals surface area contributed by atoms with E-state index >= 15 is 0 Å². The van der Waals surface area contributed by atoms with Crippen molar-refractivity contribution in [3.05, 3.63) is 22.7 Å². The largest absolute Gasteiger partial charge is 0.397 e. The highest BCUT2D eigenvalue weighted by molar-refractivity contribution is 7.21. The van der Waals surface area contributed by atoms with Crippen LogP contribution in [0, 0.1) is 6.92 Å². The minimum atomic E-state index is -0.102. The van der Waals surface area contributed by atoms with Gasteiger partial charge < -0.3 is 15.8 Å². The van der Waals surface area contributed by atoms with E-state index in [-0.39, 0.29) is 18.1 Å². The Morgan fingerprint density at radius 1 is 1.57 bits per heavy atom. The van der Waals surface area contributed by atoms with Crippen molar-refractivity contribution in [1.82, 2.24) is 10.3 Å². The lowest BCUT2D eigenvalue weighted by Crippen LogP contribution is -2.47.